The number of anilines is 1. The normalized spacial score (nSPS) is 14.9. The summed E-state index contributed by atoms with van der Waals surface area (Å²) in [5.74, 6) is -2.28. The van der Waals surface area contributed by atoms with Crippen LogP contribution in [0.2, 0.25) is 0 Å². The first-order valence-electron chi connectivity index (χ1n) is 9.89. The van der Waals surface area contributed by atoms with Gasteiger partial charge in [-0.2, -0.15) is 0 Å². The predicted molar refractivity (Wildman–Crippen MR) is 121 cm³/mol. The molecular weight excluding hydrogens is 450 g/mol. The van der Waals surface area contributed by atoms with Crippen LogP contribution >= 0.6 is 11.8 Å². The molecule has 1 aliphatic rings. The number of rotatable bonds is 5. The molecule has 1 N–H and O–H groups in total. The van der Waals surface area contributed by atoms with Gasteiger partial charge in [0.15, 0.2) is 0 Å². The van der Waals surface area contributed by atoms with Gasteiger partial charge in [-0.15, -0.1) is 0 Å². The molecule has 2 heterocycles. The maximum absolute atomic E-state index is 14.0. The Labute approximate surface area is 192 Å². The number of carbonyl (C=O) groups is 3. The van der Waals surface area contributed by atoms with Gasteiger partial charge in [0.25, 0.3) is 11.1 Å². The molecule has 1 aliphatic heterocycles. The minimum absolute atomic E-state index is 0.0622. The van der Waals surface area contributed by atoms with Gasteiger partial charge in [-0.1, -0.05) is 17.7 Å². The molecule has 0 atom stereocenters. The number of furan rings is 1. The number of imide groups is 1. The lowest BCUT2D eigenvalue weighted by atomic mass is 10.1. The van der Waals surface area contributed by atoms with Gasteiger partial charge >= 0.3 is 0 Å². The summed E-state index contributed by atoms with van der Waals surface area (Å²) in [7, 11) is 0. The van der Waals surface area contributed by atoms with E-state index in [2.05, 4.69) is 5.32 Å². The Kier molecular flexibility index (Phi) is 6.15. The number of aryl methyl sites for hydroxylation is 2. The van der Waals surface area contributed by atoms with Crippen molar-refractivity contribution in [1.82, 2.24) is 4.90 Å². The molecule has 33 heavy (non-hydrogen) atoms. The fraction of sp³-hybridized carbons (Fsp3) is 0.125. The minimum atomic E-state index is -0.786. The largest absolute Gasteiger partial charge is 0.457 e. The van der Waals surface area contributed by atoms with E-state index in [-0.39, 0.29) is 22.0 Å². The quantitative estimate of drug-likeness (QED) is 0.499. The molecule has 4 rings (SSSR count). The molecule has 0 bridgehead atoms. The second-order valence-corrected chi connectivity index (χ2v) is 8.45. The molecular formula is C24H18F2N2O4S. The predicted octanol–water partition coefficient (Wildman–Crippen LogP) is 5.52. The van der Waals surface area contributed by atoms with Gasteiger partial charge in [-0.05, 0) is 61.5 Å². The van der Waals surface area contributed by atoms with E-state index in [9.17, 15) is 23.2 Å². The number of amides is 3. The molecule has 0 saturated carbocycles. The Morgan fingerprint density at radius 1 is 1.09 bits per heavy atom. The number of nitrogens with one attached hydrogen (secondary N) is 1. The van der Waals surface area contributed by atoms with Crippen molar-refractivity contribution >= 4 is 40.6 Å². The highest BCUT2D eigenvalue weighted by Gasteiger charge is 2.36. The van der Waals surface area contributed by atoms with Crippen LogP contribution in [0.15, 0.2) is 57.9 Å². The van der Waals surface area contributed by atoms with E-state index in [1.54, 1.807) is 6.07 Å². The molecule has 3 amide bonds. The Balaban J connectivity index is 1.47. The number of hydrogen-bond acceptors (Lipinski definition) is 5. The van der Waals surface area contributed by atoms with E-state index >= 15 is 0 Å². The number of thioether (sulfide) groups is 1. The van der Waals surface area contributed by atoms with Crippen molar-refractivity contribution in [3.63, 3.8) is 0 Å². The first kappa shape index (κ1) is 22.5. The summed E-state index contributed by atoms with van der Waals surface area (Å²) in [5, 5.41) is 2.12. The zero-order chi connectivity index (χ0) is 23.7. The average Bonchev–Trinajstić information content (AvgIpc) is 3.30. The van der Waals surface area contributed by atoms with Crippen LogP contribution in [0.3, 0.4) is 0 Å². The molecule has 1 saturated heterocycles. The highest BCUT2D eigenvalue weighted by Crippen LogP contribution is 2.33. The number of halogens is 2. The van der Waals surface area contributed by atoms with Crippen molar-refractivity contribution in [3.05, 3.63) is 82.0 Å². The van der Waals surface area contributed by atoms with Crippen molar-refractivity contribution in [2.24, 2.45) is 0 Å². The second-order valence-electron chi connectivity index (χ2n) is 7.46. The van der Waals surface area contributed by atoms with Gasteiger partial charge in [-0.25, -0.2) is 8.78 Å². The Morgan fingerprint density at radius 3 is 2.61 bits per heavy atom. The summed E-state index contributed by atoms with van der Waals surface area (Å²) in [6.07, 6.45) is 1.35. The maximum Gasteiger partial charge on any atom is 0.294 e. The van der Waals surface area contributed by atoms with Gasteiger partial charge in [-0.3, -0.25) is 19.3 Å². The minimum Gasteiger partial charge on any atom is -0.457 e. The van der Waals surface area contributed by atoms with Crippen LogP contribution in [-0.2, 0) is 9.59 Å². The van der Waals surface area contributed by atoms with Crippen molar-refractivity contribution < 1.29 is 27.6 Å². The van der Waals surface area contributed by atoms with Crippen LogP contribution in [0.4, 0.5) is 19.3 Å². The van der Waals surface area contributed by atoms with Crippen LogP contribution < -0.4 is 5.32 Å². The zero-order valence-electron chi connectivity index (χ0n) is 17.6. The van der Waals surface area contributed by atoms with Gasteiger partial charge in [0.2, 0.25) is 5.91 Å². The lowest BCUT2D eigenvalue weighted by Crippen LogP contribution is -2.36. The molecule has 0 unspecified atom stereocenters. The third-order valence-electron chi connectivity index (χ3n) is 4.93. The third kappa shape index (κ3) is 4.88. The highest BCUT2D eigenvalue weighted by molar-refractivity contribution is 8.18. The average molecular weight is 468 g/mol. The van der Waals surface area contributed by atoms with E-state index < -0.39 is 35.2 Å². The molecule has 3 aromatic rings. The van der Waals surface area contributed by atoms with Crippen molar-refractivity contribution in [2.45, 2.75) is 13.8 Å². The van der Waals surface area contributed by atoms with E-state index in [1.807, 2.05) is 26.0 Å². The first-order chi connectivity index (χ1) is 15.7. The van der Waals surface area contributed by atoms with E-state index in [0.717, 1.165) is 28.2 Å². The smallest absolute Gasteiger partial charge is 0.294 e. The van der Waals surface area contributed by atoms with Crippen molar-refractivity contribution in [1.29, 1.82) is 0 Å². The molecule has 168 valence electrons. The summed E-state index contributed by atoms with van der Waals surface area (Å²) < 4.78 is 32.6. The van der Waals surface area contributed by atoms with Crippen molar-refractivity contribution in [2.75, 3.05) is 11.9 Å². The molecule has 9 heteroatoms. The Bertz CT molecular complexity index is 1320. The number of hydrogen-bond donors (Lipinski definition) is 1. The van der Waals surface area contributed by atoms with E-state index in [0.29, 0.717) is 17.4 Å². The van der Waals surface area contributed by atoms with Gasteiger partial charge in [0, 0.05) is 17.8 Å². The summed E-state index contributed by atoms with van der Waals surface area (Å²) in [6, 6.07) is 11.6. The fourth-order valence-corrected chi connectivity index (χ4v) is 4.14. The SMILES string of the molecule is Cc1ccc(NC(=O)CN2C(=O)S/C(=C/c3ccc(-c4ccc(F)cc4F)o3)C2=O)c(C)c1. The van der Waals surface area contributed by atoms with Crippen LogP contribution in [0.1, 0.15) is 16.9 Å². The topological polar surface area (TPSA) is 79.6 Å². The molecule has 0 radical (unpaired) electrons. The fourth-order valence-electron chi connectivity index (χ4n) is 3.32. The van der Waals surface area contributed by atoms with Crippen LogP contribution in [0.25, 0.3) is 17.4 Å². The van der Waals surface area contributed by atoms with E-state index in [4.69, 9.17) is 4.42 Å². The molecule has 2 aromatic carbocycles. The Hall–Kier alpha value is -3.72. The first-order valence-corrected chi connectivity index (χ1v) is 10.7. The number of benzene rings is 2. The van der Waals surface area contributed by atoms with Crippen LogP contribution in [0, 0.1) is 25.5 Å². The molecule has 0 aliphatic carbocycles. The second kappa shape index (κ2) is 9.03. The van der Waals surface area contributed by atoms with Gasteiger partial charge in [0.05, 0.1) is 10.5 Å². The molecule has 1 fully saturated rings. The molecule has 1 aromatic heterocycles. The summed E-state index contributed by atoms with van der Waals surface area (Å²) in [6.45, 7) is 3.35. The standard InChI is InChI=1S/C24H18F2N2O4S/c1-13-3-7-19(14(2)9-13)27-22(29)12-28-23(30)21(33-24(28)31)11-16-5-8-20(32-16)17-6-4-15(25)10-18(17)26/h3-11H,12H2,1-2H3,(H,27,29)/b21-11+. The lowest BCUT2D eigenvalue weighted by molar-refractivity contribution is -0.127. The lowest BCUT2D eigenvalue weighted by Gasteiger charge is -2.13. The summed E-state index contributed by atoms with van der Waals surface area (Å²) in [4.78, 5) is 38.3. The number of carbonyl (C=O) groups excluding carboxylic acids is 3. The molecule has 6 nitrogen and oxygen atoms in total. The summed E-state index contributed by atoms with van der Waals surface area (Å²) in [5.41, 5.74) is 2.57. The zero-order valence-corrected chi connectivity index (χ0v) is 18.5. The maximum atomic E-state index is 14.0. The summed E-state index contributed by atoms with van der Waals surface area (Å²) >= 11 is 0.675. The van der Waals surface area contributed by atoms with Gasteiger partial charge in [0.1, 0.15) is 29.7 Å². The van der Waals surface area contributed by atoms with Crippen LogP contribution in [0.5, 0.6) is 0 Å². The highest BCUT2D eigenvalue weighted by atomic mass is 32.2. The van der Waals surface area contributed by atoms with Crippen molar-refractivity contribution in [3.8, 4) is 11.3 Å². The number of nitrogens with zero attached hydrogens (tertiary/aromatic N) is 1. The van der Waals surface area contributed by atoms with E-state index in [1.165, 1.54) is 24.3 Å². The third-order valence-corrected chi connectivity index (χ3v) is 5.84. The molecule has 0 spiro atoms. The Morgan fingerprint density at radius 2 is 1.88 bits per heavy atom. The van der Waals surface area contributed by atoms with Gasteiger partial charge < -0.3 is 9.73 Å². The van der Waals surface area contributed by atoms with Crippen LogP contribution in [-0.4, -0.2) is 28.5 Å². The monoisotopic (exact) mass is 468 g/mol.